The molecule has 0 unspecified atom stereocenters. The summed E-state index contributed by atoms with van der Waals surface area (Å²) >= 11 is 0. The maximum atomic E-state index is 13.8. The molecule has 1 rings (SSSR count). The zero-order chi connectivity index (χ0) is 23.4. The minimum absolute atomic E-state index is 0.682. The second-order valence-corrected chi connectivity index (χ2v) is 11.4. The summed E-state index contributed by atoms with van der Waals surface area (Å²) in [5.41, 5.74) is 0. The van der Waals surface area contributed by atoms with Crippen molar-refractivity contribution in [1.29, 1.82) is 0 Å². The number of benzene rings is 1. The van der Waals surface area contributed by atoms with E-state index >= 15 is 0 Å². The van der Waals surface area contributed by atoms with Crippen molar-refractivity contribution in [3.8, 4) is 0 Å². The fourth-order valence-corrected chi connectivity index (χ4v) is 4.96. The molecule has 0 saturated carbocycles. The van der Waals surface area contributed by atoms with Gasteiger partial charge < -0.3 is 0 Å². The Morgan fingerprint density at radius 3 is 1.28 bits per heavy atom. The van der Waals surface area contributed by atoms with Crippen LogP contribution in [0.15, 0.2) is 0 Å². The Balaban J connectivity index is 3.33. The fourth-order valence-electron chi connectivity index (χ4n) is 2.36. The Kier molecular flexibility index (Phi) is 6.42. The average molecular weight is 472 g/mol. The summed E-state index contributed by atoms with van der Waals surface area (Å²) in [6.07, 6.45) is -9.49. The van der Waals surface area contributed by atoms with E-state index in [1.165, 1.54) is 0 Å². The van der Waals surface area contributed by atoms with Crippen LogP contribution in [0.2, 0.25) is 19.1 Å². The lowest BCUT2D eigenvalue weighted by molar-refractivity contribution is -0.396. The minimum atomic E-state index is -7.15. The van der Waals surface area contributed by atoms with Crippen LogP contribution in [0.3, 0.4) is 0 Å². The van der Waals surface area contributed by atoms with Gasteiger partial charge in [0.2, 0.25) is 5.82 Å². The Bertz CT molecular complexity index is 750. The standard InChI is InChI=1S/C14H10F14Si/c1-29(2,10-8(18)6(16)5(15)7(17)9(10)19)4-3-11(20,21)12(22,23)13(24,25)14(26,27)28/h3-4H2,1-2H3. The first kappa shape index (κ1) is 25.5. The molecule has 0 bridgehead atoms. The third-order valence-corrected chi connectivity index (χ3v) is 7.45. The average Bonchev–Trinajstić information content (AvgIpc) is 2.55. The number of hydrogen-bond acceptors (Lipinski definition) is 0. The third-order valence-electron chi connectivity index (χ3n) is 4.16. The molecule has 0 atom stereocenters. The van der Waals surface area contributed by atoms with Crippen molar-refractivity contribution in [2.75, 3.05) is 0 Å². The van der Waals surface area contributed by atoms with Crippen molar-refractivity contribution in [1.82, 2.24) is 0 Å². The maximum absolute atomic E-state index is 13.8. The monoisotopic (exact) mass is 472 g/mol. The summed E-state index contributed by atoms with van der Waals surface area (Å²) in [6.45, 7) is 1.36. The molecular formula is C14H10F14Si. The van der Waals surface area contributed by atoms with E-state index in [1.807, 2.05) is 0 Å². The van der Waals surface area contributed by atoms with Gasteiger partial charge in [-0.15, -0.1) is 0 Å². The molecule has 0 aromatic heterocycles. The van der Waals surface area contributed by atoms with Gasteiger partial charge in [-0.2, -0.15) is 39.5 Å². The van der Waals surface area contributed by atoms with Gasteiger partial charge in [0.25, 0.3) is 0 Å². The summed E-state index contributed by atoms with van der Waals surface area (Å²) < 4.78 is 183. The number of hydrogen-bond donors (Lipinski definition) is 0. The van der Waals surface area contributed by atoms with Crippen molar-refractivity contribution in [3.05, 3.63) is 29.1 Å². The first-order valence-corrected chi connectivity index (χ1v) is 10.6. The van der Waals surface area contributed by atoms with E-state index in [0.29, 0.717) is 13.1 Å². The van der Waals surface area contributed by atoms with E-state index in [1.54, 1.807) is 0 Å². The zero-order valence-corrected chi connectivity index (χ0v) is 15.2. The molecule has 0 fully saturated rings. The molecule has 0 nitrogen and oxygen atoms in total. The summed E-state index contributed by atoms with van der Waals surface area (Å²) in [4.78, 5) is 0. The van der Waals surface area contributed by atoms with Crippen LogP contribution in [0.1, 0.15) is 6.42 Å². The second-order valence-electron chi connectivity index (χ2n) is 6.68. The van der Waals surface area contributed by atoms with Gasteiger partial charge in [-0.25, -0.2) is 22.0 Å². The lowest BCUT2D eigenvalue weighted by Gasteiger charge is -2.35. The molecule has 29 heavy (non-hydrogen) atoms. The smallest absolute Gasteiger partial charge is 0.204 e. The van der Waals surface area contributed by atoms with Gasteiger partial charge in [0.1, 0.15) is 0 Å². The van der Waals surface area contributed by atoms with Gasteiger partial charge in [-0.3, -0.25) is 0 Å². The van der Waals surface area contributed by atoms with Crippen LogP contribution < -0.4 is 5.19 Å². The van der Waals surface area contributed by atoms with Crippen molar-refractivity contribution < 1.29 is 61.5 Å². The third kappa shape index (κ3) is 4.06. The minimum Gasteiger partial charge on any atom is -0.204 e. The van der Waals surface area contributed by atoms with E-state index in [4.69, 9.17) is 0 Å². The Morgan fingerprint density at radius 2 is 0.931 bits per heavy atom. The molecule has 0 aliphatic rings. The van der Waals surface area contributed by atoms with Crippen LogP contribution in [-0.2, 0) is 0 Å². The van der Waals surface area contributed by atoms with Crippen LogP contribution in [0.4, 0.5) is 61.5 Å². The molecule has 0 N–H and O–H groups in total. The molecule has 1 aromatic rings. The lowest BCUT2D eigenvalue weighted by atomic mass is 10.0. The highest BCUT2D eigenvalue weighted by molar-refractivity contribution is 6.89. The summed E-state index contributed by atoms with van der Waals surface area (Å²) in [6, 6.07) is -1.51. The normalized spacial score (nSPS) is 14.5. The Labute approximate surface area is 154 Å². The highest BCUT2D eigenvalue weighted by Crippen LogP contribution is 2.54. The highest BCUT2D eigenvalue weighted by atomic mass is 28.3. The second kappa shape index (κ2) is 7.30. The fraction of sp³-hybridized carbons (Fsp3) is 0.571. The molecule has 168 valence electrons. The van der Waals surface area contributed by atoms with Crippen molar-refractivity contribution >= 4 is 13.3 Å². The lowest BCUT2D eigenvalue weighted by Crippen LogP contribution is -2.61. The van der Waals surface area contributed by atoms with Gasteiger partial charge in [-0.1, -0.05) is 13.1 Å². The largest absolute Gasteiger partial charge is 0.460 e. The molecule has 0 radical (unpaired) electrons. The van der Waals surface area contributed by atoms with E-state index in [-0.39, 0.29) is 0 Å². The molecule has 15 heteroatoms. The summed E-state index contributed by atoms with van der Waals surface area (Å²) in [7, 11) is -4.28. The van der Waals surface area contributed by atoms with E-state index < -0.39 is 78.8 Å². The maximum Gasteiger partial charge on any atom is 0.460 e. The van der Waals surface area contributed by atoms with Gasteiger partial charge in [-0.05, 0) is 6.04 Å². The van der Waals surface area contributed by atoms with Crippen molar-refractivity contribution in [2.24, 2.45) is 0 Å². The summed E-state index contributed by atoms with van der Waals surface area (Å²) in [5, 5.41) is -1.59. The van der Waals surface area contributed by atoms with Crippen LogP contribution in [0.5, 0.6) is 0 Å². The number of alkyl halides is 9. The molecule has 1 aromatic carbocycles. The predicted octanol–water partition coefficient (Wildman–Crippen LogP) is 6.16. The quantitative estimate of drug-likeness (QED) is 0.202. The van der Waals surface area contributed by atoms with E-state index in [2.05, 4.69) is 0 Å². The Morgan fingerprint density at radius 1 is 0.586 bits per heavy atom. The van der Waals surface area contributed by atoms with Gasteiger partial charge >= 0.3 is 23.9 Å². The number of rotatable bonds is 6. The van der Waals surface area contributed by atoms with Gasteiger partial charge in [0.15, 0.2) is 23.3 Å². The van der Waals surface area contributed by atoms with Crippen LogP contribution in [0, 0.1) is 29.1 Å². The molecule has 0 amide bonds. The van der Waals surface area contributed by atoms with Crippen molar-refractivity contribution in [2.45, 2.75) is 49.5 Å². The van der Waals surface area contributed by atoms with E-state index in [9.17, 15) is 61.5 Å². The first-order chi connectivity index (χ1) is 12.6. The topological polar surface area (TPSA) is 0 Å². The molecule has 0 saturated heterocycles. The van der Waals surface area contributed by atoms with Crippen LogP contribution >= 0.6 is 0 Å². The molecule has 0 spiro atoms. The van der Waals surface area contributed by atoms with Crippen molar-refractivity contribution in [3.63, 3.8) is 0 Å². The van der Waals surface area contributed by atoms with E-state index in [0.717, 1.165) is 0 Å². The highest BCUT2D eigenvalue weighted by Gasteiger charge is 2.81. The zero-order valence-electron chi connectivity index (χ0n) is 14.2. The predicted molar refractivity (Wildman–Crippen MR) is 73.7 cm³/mol. The van der Waals surface area contributed by atoms with Gasteiger partial charge in [0.05, 0.1) is 8.07 Å². The summed E-state index contributed by atoms with van der Waals surface area (Å²) in [5.74, 6) is -32.5. The molecule has 0 heterocycles. The molecule has 0 aliphatic heterocycles. The van der Waals surface area contributed by atoms with Crippen LogP contribution in [-0.4, -0.2) is 32.0 Å². The SMILES string of the molecule is C[Si](C)(CCC(F)(F)C(F)(F)C(F)(F)C(F)(F)F)c1c(F)c(F)c(F)c(F)c1F. The van der Waals surface area contributed by atoms with Gasteiger partial charge in [0, 0.05) is 11.6 Å². The number of halogens is 14. The molecular weight excluding hydrogens is 462 g/mol. The van der Waals surface area contributed by atoms with Crippen LogP contribution in [0.25, 0.3) is 0 Å². The first-order valence-electron chi connectivity index (χ1n) is 7.35. The Hall–Kier alpha value is -1.54. The molecule has 0 aliphatic carbocycles.